The van der Waals surface area contributed by atoms with Crippen LogP contribution in [0.3, 0.4) is 0 Å². The summed E-state index contributed by atoms with van der Waals surface area (Å²) in [7, 11) is 0. The van der Waals surface area contributed by atoms with E-state index in [1.807, 2.05) is 6.07 Å². The third kappa shape index (κ3) is 4.77. The molecule has 14 heteroatoms. The number of nitrogens with zero attached hydrogens (tertiary/aromatic N) is 6. The van der Waals surface area contributed by atoms with Crippen molar-refractivity contribution < 1.29 is 33.2 Å². The lowest BCUT2D eigenvalue weighted by atomic mass is 9.92. The maximum atomic E-state index is 13.8. The molecule has 2 aromatic carbocycles. The Hall–Kier alpha value is -3.80. The molecule has 0 aliphatic carbocycles. The van der Waals surface area contributed by atoms with Gasteiger partial charge in [0.15, 0.2) is 23.3 Å². The largest absolute Gasteiger partial charge is 0.394 e. The third-order valence-electron chi connectivity index (χ3n) is 6.42. The average Bonchev–Trinajstić information content (AvgIpc) is 3.54. The number of aliphatic hydroxyl groups excluding tert-OH is 3. The standard InChI is InChI=1S/C25H20ClF3N6O4/c1-11-32-25(35(33-11)18-6-15(26)3-2-12(18)7-30)24-23(38)21(22(37)19(10-36)39-24)34-9-14(8-31-34)13-4-16(27)20(29)17(28)5-13/h2-6,8-9,19,21-24,36-38H,10H2,1H3/t19?,21?,22-,23-,24+/m0/s1. The first kappa shape index (κ1) is 26.8. The van der Waals surface area contributed by atoms with Crippen molar-refractivity contribution in [2.45, 2.75) is 37.4 Å². The minimum Gasteiger partial charge on any atom is -0.394 e. The summed E-state index contributed by atoms with van der Waals surface area (Å²) in [6.45, 7) is 0.944. The molecule has 10 nitrogen and oxygen atoms in total. The number of hydrogen-bond acceptors (Lipinski definition) is 8. The first-order valence-corrected chi connectivity index (χ1v) is 12.0. The van der Waals surface area contributed by atoms with Gasteiger partial charge in [-0.3, -0.25) is 4.68 Å². The second-order valence-corrected chi connectivity index (χ2v) is 9.35. The quantitative estimate of drug-likeness (QED) is 0.316. The van der Waals surface area contributed by atoms with Crippen molar-refractivity contribution in [2.75, 3.05) is 6.61 Å². The third-order valence-corrected chi connectivity index (χ3v) is 6.65. The van der Waals surface area contributed by atoms with Crippen molar-refractivity contribution in [3.8, 4) is 22.9 Å². The molecular formula is C25H20ClF3N6O4. The summed E-state index contributed by atoms with van der Waals surface area (Å²) in [4.78, 5) is 4.37. The van der Waals surface area contributed by atoms with Crippen LogP contribution in [-0.4, -0.2) is 64.8 Å². The van der Waals surface area contributed by atoms with Crippen molar-refractivity contribution in [1.82, 2.24) is 24.5 Å². The fourth-order valence-electron chi connectivity index (χ4n) is 4.57. The van der Waals surface area contributed by atoms with Gasteiger partial charge in [-0.05, 0) is 42.8 Å². The van der Waals surface area contributed by atoms with E-state index in [0.717, 1.165) is 16.8 Å². The van der Waals surface area contributed by atoms with Crippen LogP contribution in [-0.2, 0) is 4.74 Å². The highest BCUT2D eigenvalue weighted by molar-refractivity contribution is 6.30. The van der Waals surface area contributed by atoms with Crippen LogP contribution < -0.4 is 0 Å². The predicted molar refractivity (Wildman–Crippen MR) is 129 cm³/mol. The van der Waals surface area contributed by atoms with Crippen LogP contribution in [0, 0.1) is 35.7 Å². The Morgan fingerprint density at radius 2 is 1.82 bits per heavy atom. The van der Waals surface area contributed by atoms with Gasteiger partial charge in [0.05, 0.1) is 24.1 Å². The molecule has 1 aliphatic rings. The maximum absolute atomic E-state index is 13.8. The number of hydrogen-bond donors (Lipinski definition) is 3. The molecule has 0 amide bonds. The van der Waals surface area contributed by atoms with Crippen molar-refractivity contribution >= 4 is 11.6 Å². The Morgan fingerprint density at radius 1 is 1.10 bits per heavy atom. The molecule has 202 valence electrons. The number of aromatic nitrogens is 5. The van der Waals surface area contributed by atoms with Gasteiger partial charge in [-0.1, -0.05) is 11.6 Å². The van der Waals surface area contributed by atoms with E-state index in [-0.39, 0.29) is 34.0 Å². The Balaban J connectivity index is 1.57. The van der Waals surface area contributed by atoms with Crippen LogP contribution in [0.2, 0.25) is 5.02 Å². The second-order valence-electron chi connectivity index (χ2n) is 8.91. The predicted octanol–water partition coefficient (Wildman–Crippen LogP) is 2.78. The molecular weight excluding hydrogens is 541 g/mol. The minimum atomic E-state index is -1.62. The van der Waals surface area contributed by atoms with E-state index in [1.165, 1.54) is 35.3 Å². The molecule has 1 saturated heterocycles. The van der Waals surface area contributed by atoms with Gasteiger partial charge in [-0.25, -0.2) is 22.8 Å². The Bertz CT molecular complexity index is 1570. The second kappa shape index (κ2) is 10.4. The van der Waals surface area contributed by atoms with Gasteiger partial charge in [0.1, 0.15) is 42.4 Å². The van der Waals surface area contributed by atoms with Gasteiger partial charge in [-0.15, -0.1) is 0 Å². The van der Waals surface area contributed by atoms with Crippen LogP contribution in [0.5, 0.6) is 0 Å². The van der Waals surface area contributed by atoms with Crippen molar-refractivity contribution in [1.29, 1.82) is 5.26 Å². The Labute approximate surface area is 224 Å². The van der Waals surface area contributed by atoms with Gasteiger partial charge < -0.3 is 20.1 Å². The highest BCUT2D eigenvalue weighted by Gasteiger charge is 2.48. The molecule has 3 heterocycles. The number of nitriles is 1. The number of halogens is 4. The van der Waals surface area contributed by atoms with E-state index >= 15 is 0 Å². The fourth-order valence-corrected chi connectivity index (χ4v) is 4.73. The normalized spacial score (nSPS) is 23.1. The summed E-state index contributed by atoms with van der Waals surface area (Å²) in [6.07, 6.45) is -2.98. The van der Waals surface area contributed by atoms with Gasteiger partial charge >= 0.3 is 0 Å². The van der Waals surface area contributed by atoms with Crippen LogP contribution in [0.25, 0.3) is 16.8 Å². The summed E-state index contributed by atoms with van der Waals surface area (Å²) >= 11 is 6.15. The molecule has 1 aliphatic heterocycles. The molecule has 4 aromatic rings. The van der Waals surface area contributed by atoms with E-state index in [9.17, 15) is 33.8 Å². The zero-order valence-electron chi connectivity index (χ0n) is 20.1. The molecule has 39 heavy (non-hydrogen) atoms. The smallest absolute Gasteiger partial charge is 0.194 e. The fraction of sp³-hybridized carbons (Fsp3) is 0.280. The van der Waals surface area contributed by atoms with Crippen LogP contribution in [0.15, 0.2) is 42.7 Å². The monoisotopic (exact) mass is 560 g/mol. The molecule has 2 unspecified atom stereocenters. The first-order valence-electron chi connectivity index (χ1n) is 11.6. The summed E-state index contributed by atoms with van der Waals surface area (Å²) in [5.74, 6) is -4.07. The van der Waals surface area contributed by atoms with Crippen LogP contribution in [0.4, 0.5) is 13.2 Å². The molecule has 3 N–H and O–H groups in total. The molecule has 0 spiro atoms. The van der Waals surface area contributed by atoms with E-state index in [4.69, 9.17) is 16.3 Å². The van der Waals surface area contributed by atoms with Gasteiger partial charge in [-0.2, -0.15) is 15.5 Å². The number of rotatable bonds is 5. The maximum Gasteiger partial charge on any atom is 0.194 e. The molecule has 2 aromatic heterocycles. The Morgan fingerprint density at radius 3 is 2.49 bits per heavy atom. The van der Waals surface area contributed by atoms with E-state index in [0.29, 0.717) is 5.02 Å². The van der Waals surface area contributed by atoms with Gasteiger partial charge in [0.25, 0.3) is 0 Å². The molecule has 5 rings (SSSR count). The number of aryl methyl sites for hydroxylation is 1. The lowest BCUT2D eigenvalue weighted by Crippen LogP contribution is -2.53. The number of benzene rings is 2. The van der Waals surface area contributed by atoms with Crippen molar-refractivity contribution in [3.63, 3.8) is 0 Å². The summed E-state index contributed by atoms with van der Waals surface area (Å²) in [6, 6.07) is 6.90. The molecule has 0 saturated carbocycles. The first-order chi connectivity index (χ1) is 18.6. The molecule has 0 bridgehead atoms. The zero-order valence-corrected chi connectivity index (χ0v) is 20.8. The van der Waals surface area contributed by atoms with E-state index in [1.54, 1.807) is 6.92 Å². The Kier molecular flexibility index (Phi) is 7.15. The molecule has 0 radical (unpaired) electrons. The lowest BCUT2D eigenvalue weighted by molar-refractivity contribution is -0.210. The van der Waals surface area contributed by atoms with E-state index in [2.05, 4.69) is 15.2 Å². The topological polar surface area (TPSA) is 142 Å². The SMILES string of the molecule is Cc1nc([C@@H]2OC(CO)[C@H](O)C(n3cc(-c4cc(F)c(F)c(F)c4)cn3)[C@@H]2O)n(-c2cc(Cl)ccc2C#N)n1. The zero-order chi connectivity index (χ0) is 28.0. The van der Waals surface area contributed by atoms with Crippen molar-refractivity contribution in [3.05, 3.63) is 82.4 Å². The highest BCUT2D eigenvalue weighted by atomic mass is 35.5. The summed E-state index contributed by atoms with van der Waals surface area (Å²) < 4.78 is 49.3. The van der Waals surface area contributed by atoms with Gasteiger partial charge in [0.2, 0.25) is 0 Å². The molecule has 1 fully saturated rings. The van der Waals surface area contributed by atoms with Crippen LogP contribution in [0.1, 0.15) is 29.4 Å². The van der Waals surface area contributed by atoms with Crippen molar-refractivity contribution in [2.24, 2.45) is 0 Å². The summed E-state index contributed by atoms with van der Waals surface area (Å²) in [5, 5.41) is 50.7. The summed E-state index contributed by atoms with van der Waals surface area (Å²) in [5.41, 5.74) is 0.625. The highest BCUT2D eigenvalue weighted by Crippen LogP contribution is 2.39. The van der Waals surface area contributed by atoms with Crippen LogP contribution >= 0.6 is 11.6 Å². The van der Waals surface area contributed by atoms with E-state index < -0.39 is 54.5 Å². The lowest BCUT2D eigenvalue weighted by Gasteiger charge is -2.41. The minimum absolute atomic E-state index is 0.0238. The van der Waals surface area contributed by atoms with Gasteiger partial charge in [0, 0.05) is 16.8 Å². The number of aliphatic hydroxyl groups is 3. The molecule has 5 atom stereocenters. The number of ether oxygens (including phenoxy) is 1. The average molecular weight is 561 g/mol.